The Morgan fingerprint density at radius 1 is 1.05 bits per heavy atom. The van der Waals surface area contributed by atoms with Crippen LogP contribution in [0.3, 0.4) is 0 Å². The van der Waals surface area contributed by atoms with Gasteiger partial charge in [-0.15, -0.1) is 0 Å². The van der Waals surface area contributed by atoms with E-state index >= 15 is 0 Å². The Labute approximate surface area is 116 Å². The molecule has 0 bridgehead atoms. The lowest BCUT2D eigenvalue weighted by Crippen LogP contribution is -2.04. The van der Waals surface area contributed by atoms with Crippen LogP contribution in [-0.4, -0.2) is 20.2 Å². The highest BCUT2D eigenvalue weighted by Crippen LogP contribution is 2.29. The fourth-order valence-corrected chi connectivity index (χ4v) is 1.87. The quantitative estimate of drug-likeness (QED) is 0.630. The van der Waals surface area contributed by atoms with Crippen LogP contribution in [0.2, 0.25) is 0 Å². The van der Waals surface area contributed by atoms with Crippen molar-refractivity contribution in [2.75, 3.05) is 14.2 Å². The molecule has 0 fully saturated rings. The van der Waals surface area contributed by atoms with Gasteiger partial charge in [-0.1, -0.05) is 6.07 Å². The number of hydrogen-bond acceptors (Lipinski definition) is 4. The number of esters is 1. The van der Waals surface area contributed by atoms with E-state index in [4.69, 9.17) is 14.9 Å². The van der Waals surface area contributed by atoms with Crippen LogP contribution in [0.5, 0.6) is 5.75 Å². The molecule has 0 aliphatic carbocycles. The lowest BCUT2D eigenvalue weighted by Gasteiger charge is -2.09. The van der Waals surface area contributed by atoms with E-state index in [1.165, 1.54) is 14.2 Å². The highest BCUT2D eigenvalue weighted by molar-refractivity contribution is 5.93. The Balaban J connectivity index is 2.43. The number of hydrogen-bond donors (Lipinski definition) is 0. The SMILES string of the molecule is COC(=O)c1ccc(-c2ccc([N+]#N)cc2)cc1OC. The highest BCUT2D eigenvalue weighted by atomic mass is 16.5. The van der Waals surface area contributed by atoms with Crippen molar-refractivity contribution < 1.29 is 14.3 Å². The minimum atomic E-state index is -0.442. The molecule has 0 N–H and O–H groups in total. The van der Waals surface area contributed by atoms with E-state index in [-0.39, 0.29) is 0 Å². The van der Waals surface area contributed by atoms with Gasteiger partial charge in [-0.2, -0.15) is 0 Å². The highest BCUT2D eigenvalue weighted by Gasteiger charge is 2.14. The number of nitrogens with zero attached hydrogens (tertiary/aromatic N) is 2. The van der Waals surface area contributed by atoms with Gasteiger partial charge in [-0.3, -0.25) is 0 Å². The summed E-state index contributed by atoms with van der Waals surface area (Å²) in [5, 5.41) is 8.66. The first-order valence-electron chi connectivity index (χ1n) is 5.91. The summed E-state index contributed by atoms with van der Waals surface area (Å²) in [5.74, 6) is 0.00750. The summed E-state index contributed by atoms with van der Waals surface area (Å²) in [4.78, 5) is 14.7. The van der Waals surface area contributed by atoms with Gasteiger partial charge in [0.1, 0.15) is 11.3 Å². The van der Waals surface area contributed by atoms with Gasteiger partial charge in [0.05, 0.1) is 14.2 Å². The van der Waals surface area contributed by atoms with Crippen molar-refractivity contribution in [1.82, 2.24) is 0 Å². The van der Waals surface area contributed by atoms with Crippen molar-refractivity contribution in [3.63, 3.8) is 0 Å². The fraction of sp³-hybridized carbons (Fsp3) is 0.133. The summed E-state index contributed by atoms with van der Waals surface area (Å²) in [6.45, 7) is 0. The molecular weight excluding hydrogens is 256 g/mol. The third-order valence-electron chi connectivity index (χ3n) is 2.92. The van der Waals surface area contributed by atoms with Gasteiger partial charge >= 0.3 is 11.7 Å². The van der Waals surface area contributed by atoms with Crippen LogP contribution >= 0.6 is 0 Å². The Hall–Kier alpha value is -2.87. The monoisotopic (exact) mass is 269 g/mol. The average Bonchev–Trinajstić information content (AvgIpc) is 2.53. The number of carbonyl (C=O) groups is 1. The summed E-state index contributed by atoms with van der Waals surface area (Å²) in [7, 11) is 2.83. The maximum Gasteiger partial charge on any atom is 0.385 e. The van der Waals surface area contributed by atoms with Crippen LogP contribution in [0, 0.1) is 5.39 Å². The van der Waals surface area contributed by atoms with Gasteiger partial charge in [0.15, 0.2) is 4.98 Å². The third kappa shape index (κ3) is 2.59. The smallest absolute Gasteiger partial charge is 0.385 e. The fourth-order valence-electron chi connectivity index (χ4n) is 1.87. The molecule has 0 spiro atoms. The molecular formula is C15H13N2O3+. The lowest BCUT2D eigenvalue weighted by molar-refractivity contribution is 0.0597. The second kappa shape index (κ2) is 5.85. The third-order valence-corrected chi connectivity index (χ3v) is 2.92. The molecule has 0 atom stereocenters. The summed E-state index contributed by atoms with van der Waals surface area (Å²) in [6, 6.07) is 12.2. The maximum absolute atomic E-state index is 11.6. The van der Waals surface area contributed by atoms with Crippen LogP contribution in [0.15, 0.2) is 42.5 Å². The summed E-state index contributed by atoms with van der Waals surface area (Å²) in [5.41, 5.74) is 2.67. The van der Waals surface area contributed by atoms with E-state index in [9.17, 15) is 4.79 Å². The van der Waals surface area contributed by atoms with E-state index in [0.717, 1.165) is 11.1 Å². The van der Waals surface area contributed by atoms with Gasteiger partial charge in [-0.05, 0) is 35.4 Å². The van der Waals surface area contributed by atoms with Crippen molar-refractivity contribution >= 4 is 11.7 Å². The van der Waals surface area contributed by atoms with E-state index in [1.54, 1.807) is 30.3 Å². The zero-order chi connectivity index (χ0) is 14.5. The number of ether oxygens (including phenoxy) is 2. The first-order chi connectivity index (χ1) is 9.69. The van der Waals surface area contributed by atoms with E-state index < -0.39 is 5.97 Å². The molecule has 0 heterocycles. The molecule has 20 heavy (non-hydrogen) atoms. The van der Waals surface area contributed by atoms with Crippen molar-refractivity contribution in [1.29, 1.82) is 5.39 Å². The molecule has 0 aliphatic heterocycles. The predicted octanol–water partition coefficient (Wildman–Crippen LogP) is 3.63. The minimum absolute atomic E-state index is 0.376. The Morgan fingerprint density at radius 3 is 2.25 bits per heavy atom. The van der Waals surface area contributed by atoms with Gasteiger partial charge in [-0.25, -0.2) is 4.79 Å². The maximum atomic E-state index is 11.6. The number of rotatable bonds is 3. The molecule has 100 valence electrons. The van der Waals surface area contributed by atoms with Gasteiger partial charge in [0.2, 0.25) is 5.39 Å². The molecule has 0 saturated carbocycles. The van der Waals surface area contributed by atoms with Crippen LogP contribution in [0.1, 0.15) is 10.4 Å². The van der Waals surface area contributed by atoms with Crippen LogP contribution < -0.4 is 4.74 Å². The molecule has 5 heteroatoms. The topological polar surface area (TPSA) is 63.7 Å². The molecule has 0 aliphatic rings. The van der Waals surface area contributed by atoms with E-state index in [2.05, 4.69) is 4.98 Å². The standard InChI is InChI=1S/C15H13N2O3/c1-19-14-9-11(5-8-13(14)15(18)20-2)10-3-6-12(17-16)7-4-10/h3-9H,1-2H3/q+1. The summed E-state index contributed by atoms with van der Waals surface area (Å²) >= 11 is 0. The Morgan fingerprint density at radius 2 is 1.70 bits per heavy atom. The first-order valence-corrected chi connectivity index (χ1v) is 5.91. The molecule has 0 amide bonds. The number of benzene rings is 2. The lowest BCUT2D eigenvalue weighted by atomic mass is 10.0. The number of methoxy groups -OCH3 is 2. The first kappa shape index (κ1) is 13.6. The summed E-state index contributed by atoms with van der Waals surface area (Å²) < 4.78 is 9.91. The minimum Gasteiger partial charge on any atom is -0.496 e. The zero-order valence-corrected chi connectivity index (χ0v) is 11.2. The van der Waals surface area contributed by atoms with Crippen molar-refractivity contribution in [2.45, 2.75) is 0 Å². The molecule has 2 aromatic rings. The molecule has 2 aromatic carbocycles. The van der Waals surface area contributed by atoms with Crippen LogP contribution in [0.4, 0.5) is 5.69 Å². The second-order valence-electron chi connectivity index (χ2n) is 4.05. The molecule has 5 nitrogen and oxygen atoms in total. The van der Waals surface area contributed by atoms with Crippen molar-refractivity contribution in [3.05, 3.63) is 53.0 Å². The number of diazo groups is 1. The Bertz CT molecular complexity index is 673. The largest absolute Gasteiger partial charge is 0.496 e. The molecule has 2 rings (SSSR count). The van der Waals surface area contributed by atoms with E-state index in [1.807, 2.05) is 12.1 Å². The molecule has 0 radical (unpaired) electrons. The second-order valence-corrected chi connectivity index (χ2v) is 4.05. The number of carbonyl (C=O) groups excluding carboxylic acids is 1. The van der Waals surface area contributed by atoms with Crippen LogP contribution in [-0.2, 0) is 4.74 Å². The summed E-state index contributed by atoms with van der Waals surface area (Å²) in [6.07, 6.45) is 0. The molecule has 0 unspecified atom stereocenters. The van der Waals surface area contributed by atoms with Gasteiger partial charge < -0.3 is 9.47 Å². The van der Waals surface area contributed by atoms with Crippen LogP contribution in [0.25, 0.3) is 16.1 Å². The molecule has 0 saturated heterocycles. The van der Waals surface area contributed by atoms with Crippen molar-refractivity contribution in [3.8, 4) is 16.9 Å². The zero-order valence-electron chi connectivity index (χ0n) is 11.2. The van der Waals surface area contributed by atoms with Gasteiger partial charge in [0.25, 0.3) is 0 Å². The Kier molecular flexibility index (Phi) is 3.96. The van der Waals surface area contributed by atoms with E-state index in [0.29, 0.717) is 17.0 Å². The normalized spacial score (nSPS) is 9.65. The predicted molar refractivity (Wildman–Crippen MR) is 74.5 cm³/mol. The molecule has 0 aromatic heterocycles. The average molecular weight is 269 g/mol. The van der Waals surface area contributed by atoms with Gasteiger partial charge in [0, 0.05) is 12.1 Å². The van der Waals surface area contributed by atoms with Crippen molar-refractivity contribution in [2.24, 2.45) is 0 Å².